The van der Waals surface area contributed by atoms with Crippen molar-refractivity contribution in [1.29, 1.82) is 0 Å². The second kappa shape index (κ2) is 4.29. The Morgan fingerprint density at radius 3 is 2.82 bits per heavy atom. The molecular weight excluding hydrogens is 210 g/mol. The highest BCUT2D eigenvalue weighted by Crippen LogP contribution is 2.17. The Bertz CT molecular complexity index is 613. The number of aromatic amines is 1. The minimum absolute atomic E-state index is 0.775. The topological polar surface area (TPSA) is 40.7 Å². The maximum absolute atomic E-state index is 3.94. The van der Waals surface area contributed by atoms with Gasteiger partial charge in [-0.2, -0.15) is 5.10 Å². The van der Waals surface area contributed by atoms with Crippen molar-refractivity contribution >= 4 is 16.6 Å². The van der Waals surface area contributed by atoms with Gasteiger partial charge in [0.2, 0.25) is 0 Å². The first-order valence-corrected chi connectivity index (χ1v) is 5.56. The van der Waals surface area contributed by atoms with Crippen LogP contribution in [0.5, 0.6) is 0 Å². The molecule has 0 saturated heterocycles. The highest BCUT2D eigenvalue weighted by atomic mass is 15.1. The first-order valence-electron chi connectivity index (χ1n) is 5.56. The molecule has 2 aromatic carbocycles. The van der Waals surface area contributed by atoms with Gasteiger partial charge in [-0.15, -0.1) is 0 Å². The van der Waals surface area contributed by atoms with Gasteiger partial charge in [0.1, 0.15) is 6.20 Å². The molecule has 1 aromatic heterocycles. The average Bonchev–Trinajstić information content (AvgIpc) is 2.86. The molecule has 2 N–H and O–H groups in total. The Hall–Kier alpha value is -2.29. The van der Waals surface area contributed by atoms with E-state index in [0.717, 1.165) is 23.1 Å². The minimum atomic E-state index is 0.775. The van der Waals surface area contributed by atoms with Crippen LogP contribution in [0.1, 0.15) is 5.56 Å². The Morgan fingerprint density at radius 2 is 1.94 bits per heavy atom. The molecule has 0 amide bonds. The summed E-state index contributed by atoms with van der Waals surface area (Å²) in [6.45, 7) is 0.775. The number of fused-ring (bicyclic) bond motifs is 1. The SMILES string of the molecule is [c]1n[nH]c2cccc(CNc3ccccc3)c12. The maximum Gasteiger partial charge on any atom is 0.121 e. The summed E-state index contributed by atoms with van der Waals surface area (Å²) in [6.07, 6.45) is 2.98. The van der Waals surface area contributed by atoms with Crippen LogP contribution in [0.3, 0.4) is 0 Å². The fourth-order valence-electron chi connectivity index (χ4n) is 1.87. The number of hydrogen-bond acceptors (Lipinski definition) is 2. The monoisotopic (exact) mass is 222 g/mol. The molecule has 3 heteroatoms. The zero-order chi connectivity index (χ0) is 11.5. The van der Waals surface area contributed by atoms with E-state index in [0.29, 0.717) is 0 Å². The standard InChI is InChI=1S/C14H12N3/c1-2-6-12(7-3-1)15-9-11-5-4-8-14-13(11)10-16-17-14/h1-8,15H,9H2,(H,16,17). The molecule has 0 spiro atoms. The molecule has 0 aliphatic rings. The molecule has 0 aliphatic heterocycles. The maximum atomic E-state index is 3.94. The van der Waals surface area contributed by atoms with E-state index >= 15 is 0 Å². The van der Waals surface area contributed by atoms with Crippen molar-refractivity contribution in [2.24, 2.45) is 0 Å². The van der Waals surface area contributed by atoms with Crippen molar-refractivity contribution in [3.8, 4) is 0 Å². The van der Waals surface area contributed by atoms with E-state index in [1.165, 1.54) is 5.56 Å². The number of hydrogen-bond donors (Lipinski definition) is 2. The van der Waals surface area contributed by atoms with Crippen molar-refractivity contribution in [3.05, 3.63) is 60.3 Å². The Kier molecular flexibility index (Phi) is 2.50. The molecule has 1 radical (unpaired) electrons. The summed E-state index contributed by atoms with van der Waals surface area (Å²) in [4.78, 5) is 0. The van der Waals surface area contributed by atoms with Crippen LogP contribution >= 0.6 is 0 Å². The van der Waals surface area contributed by atoms with E-state index in [9.17, 15) is 0 Å². The third-order valence-corrected chi connectivity index (χ3v) is 2.75. The predicted octanol–water partition coefficient (Wildman–Crippen LogP) is 2.98. The fraction of sp³-hybridized carbons (Fsp3) is 0.0714. The lowest BCUT2D eigenvalue weighted by atomic mass is 10.1. The van der Waals surface area contributed by atoms with E-state index in [4.69, 9.17) is 0 Å². The number of rotatable bonds is 3. The number of H-pyrrole nitrogens is 1. The lowest BCUT2D eigenvalue weighted by Gasteiger charge is -2.06. The lowest BCUT2D eigenvalue weighted by molar-refractivity contribution is 1.11. The summed E-state index contributed by atoms with van der Waals surface area (Å²) in [5, 5.41) is 11.3. The molecule has 3 aromatic rings. The van der Waals surface area contributed by atoms with Crippen LogP contribution in [-0.4, -0.2) is 10.2 Å². The van der Waals surface area contributed by atoms with Crippen molar-refractivity contribution in [2.75, 3.05) is 5.32 Å². The lowest BCUT2D eigenvalue weighted by Crippen LogP contribution is -1.99. The normalized spacial score (nSPS) is 10.6. The number of nitrogens with zero attached hydrogens (tertiary/aromatic N) is 1. The van der Waals surface area contributed by atoms with Gasteiger partial charge in [0, 0.05) is 17.6 Å². The molecule has 0 unspecified atom stereocenters. The van der Waals surface area contributed by atoms with Gasteiger partial charge in [-0.1, -0.05) is 30.3 Å². The van der Waals surface area contributed by atoms with E-state index < -0.39 is 0 Å². The zero-order valence-corrected chi connectivity index (χ0v) is 9.27. The smallest absolute Gasteiger partial charge is 0.121 e. The highest BCUT2D eigenvalue weighted by Gasteiger charge is 2.02. The summed E-state index contributed by atoms with van der Waals surface area (Å²) < 4.78 is 0. The molecule has 0 atom stereocenters. The summed E-state index contributed by atoms with van der Waals surface area (Å²) in [5.41, 5.74) is 3.34. The van der Waals surface area contributed by atoms with Crippen LogP contribution in [0.2, 0.25) is 0 Å². The minimum Gasteiger partial charge on any atom is -0.381 e. The molecule has 1 heterocycles. The zero-order valence-electron chi connectivity index (χ0n) is 9.27. The summed E-state index contributed by atoms with van der Waals surface area (Å²) >= 11 is 0. The second-order valence-corrected chi connectivity index (χ2v) is 3.89. The van der Waals surface area contributed by atoms with Crippen LogP contribution in [0.25, 0.3) is 10.9 Å². The van der Waals surface area contributed by atoms with Crippen molar-refractivity contribution < 1.29 is 0 Å². The number of nitrogens with one attached hydrogen (secondary N) is 2. The van der Waals surface area contributed by atoms with Gasteiger partial charge < -0.3 is 5.32 Å². The van der Waals surface area contributed by atoms with E-state index in [1.54, 1.807) is 0 Å². The summed E-state index contributed by atoms with van der Waals surface area (Å²) in [5.74, 6) is 0. The van der Waals surface area contributed by atoms with E-state index in [-0.39, 0.29) is 0 Å². The molecule has 0 fully saturated rings. The highest BCUT2D eigenvalue weighted by molar-refractivity contribution is 5.81. The first kappa shape index (κ1) is 9.90. The first-order chi connectivity index (χ1) is 8.43. The quantitative estimate of drug-likeness (QED) is 0.715. The number of benzene rings is 2. The molecule has 0 saturated carbocycles. The van der Waals surface area contributed by atoms with Gasteiger partial charge in [-0.05, 0) is 23.8 Å². The average molecular weight is 222 g/mol. The molecule has 0 aliphatic carbocycles. The predicted molar refractivity (Wildman–Crippen MR) is 68.7 cm³/mol. The van der Waals surface area contributed by atoms with Gasteiger partial charge in [-0.25, -0.2) is 0 Å². The van der Waals surface area contributed by atoms with Gasteiger partial charge in [0.15, 0.2) is 0 Å². The van der Waals surface area contributed by atoms with Crippen LogP contribution in [0.15, 0.2) is 48.5 Å². The Morgan fingerprint density at radius 1 is 1.06 bits per heavy atom. The number of aromatic nitrogens is 2. The Balaban J connectivity index is 1.84. The van der Waals surface area contributed by atoms with Crippen molar-refractivity contribution in [3.63, 3.8) is 0 Å². The van der Waals surface area contributed by atoms with Crippen LogP contribution < -0.4 is 5.32 Å². The molecule has 0 bridgehead atoms. The number of para-hydroxylation sites is 1. The fourth-order valence-corrected chi connectivity index (χ4v) is 1.87. The van der Waals surface area contributed by atoms with Gasteiger partial charge in [0.25, 0.3) is 0 Å². The largest absolute Gasteiger partial charge is 0.381 e. The molecule has 3 nitrogen and oxygen atoms in total. The van der Waals surface area contributed by atoms with Gasteiger partial charge >= 0.3 is 0 Å². The van der Waals surface area contributed by atoms with Crippen molar-refractivity contribution in [2.45, 2.75) is 6.54 Å². The molecule has 3 rings (SSSR count). The summed E-state index contributed by atoms with van der Waals surface area (Å²) in [6, 6.07) is 16.3. The van der Waals surface area contributed by atoms with Crippen LogP contribution in [0, 0.1) is 6.20 Å². The molecule has 83 valence electrons. The third-order valence-electron chi connectivity index (χ3n) is 2.75. The van der Waals surface area contributed by atoms with E-state index in [2.05, 4.69) is 39.9 Å². The molecular formula is C14H12N3. The van der Waals surface area contributed by atoms with E-state index in [1.807, 2.05) is 30.3 Å². The summed E-state index contributed by atoms with van der Waals surface area (Å²) in [7, 11) is 0. The second-order valence-electron chi connectivity index (χ2n) is 3.89. The third kappa shape index (κ3) is 1.99. The van der Waals surface area contributed by atoms with Gasteiger partial charge in [0.05, 0.1) is 5.52 Å². The van der Waals surface area contributed by atoms with Crippen LogP contribution in [0.4, 0.5) is 5.69 Å². The van der Waals surface area contributed by atoms with Gasteiger partial charge in [-0.3, -0.25) is 5.10 Å². The molecule has 17 heavy (non-hydrogen) atoms. The van der Waals surface area contributed by atoms with Crippen LogP contribution in [-0.2, 0) is 6.54 Å². The van der Waals surface area contributed by atoms with Crippen molar-refractivity contribution in [1.82, 2.24) is 10.2 Å². The number of anilines is 1. The Labute approximate surface area is 99.5 Å².